The van der Waals surface area contributed by atoms with Crippen LogP contribution in [0.25, 0.3) is 10.2 Å². The number of aromatic nitrogens is 1. The molecule has 1 unspecified atom stereocenters. The van der Waals surface area contributed by atoms with Crippen LogP contribution >= 0.6 is 11.3 Å². The summed E-state index contributed by atoms with van der Waals surface area (Å²) >= 11 is 1.29. The molecule has 2 aromatic carbocycles. The molecule has 3 heterocycles. The standard InChI is InChI=1S/C22H22N2O6S2/c1-32(26,27)16-5-6-17-20(12-16)31-22(23-17)24(13-15-3-2-8-28-15)21(25)14-4-7-18-19(11-14)30-10-9-29-18/h4-7,11-12,15H,2-3,8-10,13H2,1H3. The monoisotopic (exact) mass is 474 g/mol. The van der Waals surface area contributed by atoms with Crippen LogP contribution in [0.4, 0.5) is 5.13 Å². The summed E-state index contributed by atoms with van der Waals surface area (Å²) in [5.74, 6) is 0.938. The van der Waals surface area contributed by atoms with Gasteiger partial charge in [0, 0.05) is 18.4 Å². The van der Waals surface area contributed by atoms with Gasteiger partial charge in [0.2, 0.25) is 0 Å². The minimum atomic E-state index is -3.34. The Morgan fingerprint density at radius 2 is 1.94 bits per heavy atom. The number of nitrogens with zero attached hydrogens (tertiary/aromatic N) is 2. The van der Waals surface area contributed by atoms with Gasteiger partial charge in [-0.2, -0.15) is 0 Å². The average molecular weight is 475 g/mol. The van der Waals surface area contributed by atoms with Crippen molar-refractivity contribution in [1.29, 1.82) is 0 Å². The second-order valence-electron chi connectivity index (χ2n) is 7.81. The zero-order valence-electron chi connectivity index (χ0n) is 17.4. The van der Waals surface area contributed by atoms with Crippen LogP contribution in [0, 0.1) is 0 Å². The lowest BCUT2D eigenvalue weighted by atomic mass is 10.1. The number of amides is 1. The van der Waals surface area contributed by atoms with E-state index in [1.54, 1.807) is 35.2 Å². The number of carbonyl (C=O) groups is 1. The van der Waals surface area contributed by atoms with Gasteiger partial charge in [-0.25, -0.2) is 13.4 Å². The fourth-order valence-electron chi connectivity index (χ4n) is 3.81. The molecular weight excluding hydrogens is 452 g/mol. The van der Waals surface area contributed by atoms with Gasteiger partial charge in [0.15, 0.2) is 26.5 Å². The molecular formula is C22H22N2O6S2. The van der Waals surface area contributed by atoms with Gasteiger partial charge in [-0.05, 0) is 49.2 Å². The van der Waals surface area contributed by atoms with E-state index in [-0.39, 0.29) is 16.9 Å². The Kier molecular flexibility index (Phi) is 5.52. The van der Waals surface area contributed by atoms with Crippen molar-refractivity contribution in [2.24, 2.45) is 0 Å². The van der Waals surface area contributed by atoms with Crippen LogP contribution in [0.5, 0.6) is 11.5 Å². The molecule has 0 radical (unpaired) electrons. The molecule has 3 aromatic rings. The van der Waals surface area contributed by atoms with Gasteiger partial charge in [-0.1, -0.05) is 11.3 Å². The first-order valence-electron chi connectivity index (χ1n) is 10.3. The van der Waals surface area contributed by atoms with Crippen LogP contribution in [0.2, 0.25) is 0 Å². The smallest absolute Gasteiger partial charge is 0.260 e. The summed E-state index contributed by atoms with van der Waals surface area (Å²) in [6.07, 6.45) is 2.92. The third kappa shape index (κ3) is 4.17. The molecule has 1 aromatic heterocycles. The summed E-state index contributed by atoms with van der Waals surface area (Å²) in [7, 11) is -3.34. The summed E-state index contributed by atoms with van der Waals surface area (Å²) in [6, 6.07) is 9.95. The quantitative estimate of drug-likeness (QED) is 0.560. The second kappa shape index (κ2) is 8.34. The zero-order chi connectivity index (χ0) is 22.3. The third-order valence-corrected chi connectivity index (χ3v) is 7.60. The molecule has 1 fully saturated rings. The molecule has 5 rings (SSSR count). The van der Waals surface area contributed by atoms with Gasteiger partial charge in [0.1, 0.15) is 13.2 Å². The Morgan fingerprint density at radius 1 is 1.12 bits per heavy atom. The zero-order valence-corrected chi connectivity index (χ0v) is 19.1. The summed E-state index contributed by atoms with van der Waals surface area (Å²) in [5.41, 5.74) is 1.10. The van der Waals surface area contributed by atoms with E-state index in [1.165, 1.54) is 23.7 Å². The summed E-state index contributed by atoms with van der Waals surface area (Å²) < 4.78 is 41.6. The van der Waals surface area contributed by atoms with Gasteiger partial charge in [-0.15, -0.1) is 0 Å². The Bertz CT molecular complexity index is 1280. The lowest BCUT2D eigenvalue weighted by Gasteiger charge is -2.24. The van der Waals surface area contributed by atoms with Crippen LogP contribution in [0.15, 0.2) is 41.3 Å². The molecule has 168 valence electrons. The number of ether oxygens (including phenoxy) is 3. The predicted octanol–water partition coefficient (Wildman–Crippen LogP) is 3.30. The van der Waals surface area contributed by atoms with Gasteiger partial charge in [-0.3, -0.25) is 9.69 Å². The van der Waals surface area contributed by atoms with Gasteiger partial charge in [0.05, 0.1) is 27.8 Å². The van der Waals surface area contributed by atoms with E-state index in [2.05, 4.69) is 4.98 Å². The molecule has 1 atom stereocenters. The summed E-state index contributed by atoms with van der Waals surface area (Å²) in [4.78, 5) is 20.0. The average Bonchev–Trinajstić information content (AvgIpc) is 3.45. The van der Waals surface area contributed by atoms with Crippen molar-refractivity contribution in [3.8, 4) is 11.5 Å². The molecule has 0 N–H and O–H groups in total. The Labute approximate surface area is 189 Å². The fourth-order valence-corrected chi connectivity index (χ4v) is 5.55. The molecule has 2 aliphatic heterocycles. The van der Waals surface area contributed by atoms with E-state index in [9.17, 15) is 13.2 Å². The highest BCUT2D eigenvalue weighted by atomic mass is 32.2. The van der Waals surface area contributed by atoms with Crippen LogP contribution in [-0.4, -0.2) is 58.0 Å². The van der Waals surface area contributed by atoms with E-state index in [1.807, 2.05) is 0 Å². The van der Waals surface area contributed by atoms with Crippen molar-refractivity contribution in [2.75, 3.05) is 37.5 Å². The van der Waals surface area contributed by atoms with Crippen molar-refractivity contribution < 1.29 is 27.4 Å². The van der Waals surface area contributed by atoms with Crippen molar-refractivity contribution in [2.45, 2.75) is 23.8 Å². The van der Waals surface area contributed by atoms with Crippen molar-refractivity contribution in [1.82, 2.24) is 4.98 Å². The van der Waals surface area contributed by atoms with Crippen LogP contribution < -0.4 is 14.4 Å². The molecule has 10 heteroatoms. The minimum Gasteiger partial charge on any atom is -0.486 e. The Hall–Kier alpha value is -2.69. The lowest BCUT2D eigenvalue weighted by Crippen LogP contribution is -2.37. The second-order valence-corrected chi connectivity index (χ2v) is 10.8. The number of anilines is 1. The van der Waals surface area contributed by atoms with Crippen molar-refractivity contribution in [3.05, 3.63) is 42.0 Å². The molecule has 1 amide bonds. The van der Waals surface area contributed by atoms with Gasteiger partial charge < -0.3 is 14.2 Å². The molecule has 1 saturated heterocycles. The first kappa shape index (κ1) is 21.2. The number of hydrogen-bond acceptors (Lipinski definition) is 8. The van der Waals surface area contributed by atoms with Crippen molar-refractivity contribution in [3.63, 3.8) is 0 Å². The van der Waals surface area contributed by atoms with E-state index >= 15 is 0 Å². The van der Waals surface area contributed by atoms with Crippen LogP contribution in [0.3, 0.4) is 0 Å². The molecule has 2 aliphatic rings. The minimum absolute atomic E-state index is 0.0743. The number of hydrogen-bond donors (Lipinski definition) is 0. The largest absolute Gasteiger partial charge is 0.486 e. The van der Waals surface area contributed by atoms with E-state index in [4.69, 9.17) is 14.2 Å². The Balaban J connectivity index is 1.52. The molecule has 32 heavy (non-hydrogen) atoms. The first-order valence-corrected chi connectivity index (χ1v) is 13.0. The summed E-state index contributed by atoms with van der Waals surface area (Å²) in [5, 5.41) is 0.501. The highest BCUT2D eigenvalue weighted by Crippen LogP contribution is 2.35. The van der Waals surface area contributed by atoms with Crippen LogP contribution in [0.1, 0.15) is 23.2 Å². The predicted molar refractivity (Wildman–Crippen MR) is 121 cm³/mol. The number of fused-ring (bicyclic) bond motifs is 2. The molecule has 0 spiro atoms. The lowest BCUT2D eigenvalue weighted by molar-refractivity contribution is 0.0916. The highest BCUT2D eigenvalue weighted by molar-refractivity contribution is 7.90. The number of rotatable bonds is 5. The van der Waals surface area contributed by atoms with Crippen molar-refractivity contribution >= 4 is 42.4 Å². The number of sulfone groups is 1. The summed E-state index contributed by atoms with van der Waals surface area (Å²) in [6.45, 7) is 1.96. The maximum Gasteiger partial charge on any atom is 0.260 e. The number of benzene rings is 2. The molecule has 0 aliphatic carbocycles. The maximum absolute atomic E-state index is 13.6. The van der Waals surface area contributed by atoms with Gasteiger partial charge in [0.25, 0.3) is 5.91 Å². The SMILES string of the molecule is CS(=O)(=O)c1ccc2nc(N(CC3CCCO3)C(=O)c3ccc4c(c3)OCCO4)sc2c1. The molecule has 0 bridgehead atoms. The number of thiazole rings is 1. The fraction of sp³-hybridized carbons (Fsp3) is 0.364. The molecule has 0 saturated carbocycles. The van der Waals surface area contributed by atoms with Crippen LogP contribution in [-0.2, 0) is 14.6 Å². The topological polar surface area (TPSA) is 95.0 Å². The van der Waals surface area contributed by atoms with E-state index in [0.29, 0.717) is 58.8 Å². The first-order chi connectivity index (χ1) is 15.4. The van der Waals surface area contributed by atoms with E-state index in [0.717, 1.165) is 12.8 Å². The molecule has 8 nitrogen and oxygen atoms in total. The number of carbonyl (C=O) groups excluding carboxylic acids is 1. The normalized spacial score (nSPS) is 18.1. The highest BCUT2D eigenvalue weighted by Gasteiger charge is 2.28. The van der Waals surface area contributed by atoms with Gasteiger partial charge >= 0.3 is 0 Å². The van der Waals surface area contributed by atoms with E-state index < -0.39 is 9.84 Å². The third-order valence-electron chi connectivity index (χ3n) is 5.45. The Morgan fingerprint density at radius 3 is 2.69 bits per heavy atom. The maximum atomic E-state index is 13.6.